The highest BCUT2D eigenvalue weighted by Crippen LogP contribution is 2.40. The molecule has 0 rings (SSSR count). The van der Waals surface area contributed by atoms with Gasteiger partial charge < -0.3 is 5.11 Å². The first-order chi connectivity index (χ1) is 7.10. The molecule has 0 aliphatic rings. The van der Waals surface area contributed by atoms with Crippen LogP contribution >= 0.6 is 23.5 Å². The highest BCUT2D eigenvalue weighted by atomic mass is 32.2. The van der Waals surface area contributed by atoms with Gasteiger partial charge >= 0.3 is 0 Å². The molecule has 0 spiro atoms. The Morgan fingerprint density at radius 1 is 1.20 bits per heavy atom. The van der Waals surface area contributed by atoms with E-state index in [1.165, 1.54) is 0 Å². The monoisotopic (exact) mass is 246 g/mol. The number of aliphatic hydroxyl groups is 1. The summed E-state index contributed by atoms with van der Waals surface area (Å²) in [5.74, 6) is 8.57. The molecule has 0 heterocycles. The smallest absolute Gasteiger partial charge is 0.124 e. The molecule has 0 saturated heterocycles. The Kier molecular flexibility index (Phi) is 8.50. The summed E-state index contributed by atoms with van der Waals surface area (Å²) >= 11 is 3.69. The molecule has 15 heavy (non-hydrogen) atoms. The van der Waals surface area contributed by atoms with Gasteiger partial charge in [-0.15, -0.1) is 29.4 Å². The van der Waals surface area contributed by atoms with E-state index < -0.39 is 0 Å². The van der Waals surface area contributed by atoms with Crippen LogP contribution in [-0.2, 0) is 0 Å². The summed E-state index contributed by atoms with van der Waals surface area (Å²) in [7, 11) is 0. The number of aliphatic hydroxyl groups excluding tert-OH is 1. The second-order valence-electron chi connectivity index (χ2n) is 3.33. The van der Waals surface area contributed by atoms with E-state index in [0.717, 1.165) is 24.3 Å². The van der Waals surface area contributed by atoms with Crippen LogP contribution in [0, 0.1) is 11.8 Å². The van der Waals surface area contributed by atoms with Crippen LogP contribution in [0.15, 0.2) is 0 Å². The summed E-state index contributed by atoms with van der Waals surface area (Å²) in [5, 5.41) is 9.55. The minimum atomic E-state index is -0.283. The fourth-order valence-corrected chi connectivity index (χ4v) is 4.34. The van der Waals surface area contributed by atoms with Crippen LogP contribution in [-0.4, -0.2) is 26.8 Å². The van der Waals surface area contributed by atoms with Gasteiger partial charge in [0, 0.05) is 12.8 Å². The van der Waals surface area contributed by atoms with Crippen LogP contribution in [0.25, 0.3) is 0 Å². The topological polar surface area (TPSA) is 20.2 Å². The van der Waals surface area contributed by atoms with Gasteiger partial charge in [-0.25, -0.2) is 0 Å². The zero-order valence-corrected chi connectivity index (χ0v) is 11.8. The largest absolute Gasteiger partial charge is 0.393 e. The zero-order valence-electron chi connectivity index (χ0n) is 10.2. The van der Waals surface area contributed by atoms with Crippen LogP contribution in [0.1, 0.15) is 40.5 Å². The summed E-state index contributed by atoms with van der Waals surface area (Å²) in [6.07, 6.45) is 1.35. The summed E-state index contributed by atoms with van der Waals surface area (Å²) < 4.78 is -0.103. The SMILES string of the molecule is CCC#CC(C[C@H](C)O)(SCC)SCC. The lowest BCUT2D eigenvalue weighted by molar-refractivity contribution is 0.185. The van der Waals surface area contributed by atoms with Crippen molar-refractivity contribution in [2.24, 2.45) is 0 Å². The molecule has 0 aromatic carbocycles. The number of thioether (sulfide) groups is 2. The number of rotatable bonds is 6. The molecule has 0 aromatic rings. The first-order valence-electron chi connectivity index (χ1n) is 5.56. The van der Waals surface area contributed by atoms with Gasteiger partial charge in [-0.05, 0) is 18.4 Å². The molecule has 88 valence electrons. The van der Waals surface area contributed by atoms with Gasteiger partial charge in [-0.3, -0.25) is 0 Å². The van der Waals surface area contributed by atoms with Crippen molar-refractivity contribution in [3.63, 3.8) is 0 Å². The lowest BCUT2D eigenvalue weighted by Crippen LogP contribution is -2.24. The van der Waals surface area contributed by atoms with Crippen molar-refractivity contribution in [1.29, 1.82) is 0 Å². The van der Waals surface area contributed by atoms with E-state index >= 15 is 0 Å². The molecule has 1 N–H and O–H groups in total. The Hall–Kier alpha value is 0.220. The molecular weight excluding hydrogens is 224 g/mol. The molecule has 0 saturated carbocycles. The second kappa shape index (κ2) is 8.38. The minimum absolute atomic E-state index is 0.103. The van der Waals surface area contributed by atoms with Crippen LogP contribution in [0.3, 0.4) is 0 Å². The normalized spacial score (nSPS) is 13.1. The maximum absolute atomic E-state index is 9.55. The van der Waals surface area contributed by atoms with Crippen molar-refractivity contribution in [2.45, 2.75) is 50.7 Å². The molecule has 0 unspecified atom stereocenters. The molecule has 0 aliphatic heterocycles. The van der Waals surface area contributed by atoms with E-state index in [-0.39, 0.29) is 10.2 Å². The summed E-state index contributed by atoms with van der Waals surface area (Å²) in [5.41, 5.74) is 0. The van der Waals surface area contributed by atoms with Crippen LogP contribution in [0.4, 0.5) is 0 Å². The number of hydrogen-bond acceptors (Lipinski definition) is 3. The third kappa shape index (κ3) is 6.40. The molecule has 0 radical (unpaired) electrons. The first kappa shape index (κ1) is 15.2. The van der Waals surface area contributed by atoms with Gasteiger partial charge in [0.15, 0.2) is 0 Å². The van der Waals surface area contributed by atoms with Crippen molar-refractivity contribution in [3.05, 3.63) is 0 Å². The highest BCUT2D eigenvalue weighted by Gasteiger charge is 2.29. The van der Waals surface area contributed by atoms with E-state index in [0.29, 0.717) is 0 Å². The average Bonchev–Trinajstić information content (AvgIpc) is 2.14. The Morgan fingerprint density at radius 3 is 2.07 bits per heavy atom. The minimum Gasteiger partial charge on any atom is -0.393 e. The van der Waals surface area contributed by atoms with E-state index in [2.05, 4.69) is 32.6 Å². The number of hydrogen-bond donors (Lipinski definition) is 1. The van der Waals surface area contributed by atoms with E-state index in [1.807, 2.05) is 30.4 Å². The fraction of sp³-hybridized carbons (Fsp3) is 0.833. The summed E-state index contributed by atoms with van der Waals surface area (Å²) in [4.78, 5) is 0. The van der Waals surface area contributed by atoms with Crippen LogP contribution < -0.4 is 0 Å². The molecule has 0 aromatic heterocycles. The van der Waals surface area contributed by atoms with Crippen molar-refractivity contribution >= 4 is 23.5 Å². The molecule has 1 nitrogen and oxygen atoms in total. The van der Waals surface area contributed by atoms with Crippen molar-refractivity contribution in [2.75, 3.05) is 11.5 Å². The van der Waals surface area contributed by atoms with E-state index in [1.54, 1.807) is 0 Å². The molecular formula is C12H22OS2. The molecule has 3 heteroatoms. The predicted octanol–water partition coefficient (Wildman–Crippen LogP) is 3.37. The molecule has 0 bridgehead atoms. The molecule has 1 atom stereocenters. The summed E-state index contributed by atoms with van der Waals surface area (Å²) in [6.45, 7) is 8.19. The maximum Gasteiger partial charge on any atom is 0.124 e. The lowest BCUT2D eigenvalue weighted by Gasteiger charge is -2.28. The Labute approximate surface area is 103 Å². The van der Waals surface area contributed by atoms with Gasteiger partial charge in [0.2, 0.25) is 0 Å². The van der Waals surface area contributed by atoms with Crippen molar-refractivity contribution in [3.8, 4) is 11.8 Å². The third-order valence-electron chi connectivity index (χ3n) is 1.77. The Bertz CT molecular complexity index is 209. The van der Waals surface area contributed by atoms with Gasteiger partial charge in [0.05, 0.1) is 6.10 Å². The van der Waals surface area contributed by atoms with Gasteiger partial charge in [0.1, 0.15) is 4.08 Å². The highest BCUT2D eigenvalue weighted by molar-refractivity contribution is 8.18. The fourth-order valence-electron chi connectivity index (χ4n) is 1.36. The maximum atomic E-state index is 9.55. The predicted molar refractivity (Wildman–Crippen MR) is 73.4 cm³/mol. The standard InChI is InChI=1S/C12H22OS2/c1-5-8-9-12(14-6-2,15-7-3)10-11(4)13/h11,13H,5-7,10H2,1-4H3/t11-/m0/s1. The lowest BCUT2D eigenvalue weighted by atomic mass is 10.2. The second-order valence-corrected chi connectivity index (χ2v) is 6.71. The first-order valence-corrected chi connectivity index (χ1v) is 7.53. The van der Waals surface area contributed by atoms with E-state index in [4.69, 9.17) is 0 Å². The van der Waals surface area contributed by atoms with Crippen LogP contribution in [0.2, 0.25) is 0 Å². The molecule has 0 amide bonds. The molecule has 0 aliphatic carbocycles. The van der Waals surface area contributed by atoms with Gasteiger partial charge in [-0.2, -0.15) is 0 Å². The summed E-state index contributed by atoms with van der Waals surface area (Å²) in [6, 6.07) is 0. The van der Waals surface area contributed by atoms with Gasteiger partial charge in [0.25, 0.3) is 0 Å². The molecule has 0 fully saturated rings. The van der Waals surface area contributed by atoms with Crippen molar-refractivity contribution < 1.29 is 5.11 Å². The van der Waals surface area contributed by atoms with Crippen molar-refractivity contribution in [1.82, 2.24) is 0 Å². The Balaban J connectivity index is 4.70. The quantitative estimate of drug-likeness (QED) is 0.573. The third-order valence-corrected chi connectivity index (χ3v) is 4.53. The zero-order chi connectivity index (χ0) is 11.7. The van der Waals surface area contributed by atoms with E-state index in [9.17, 15) is 5.11 Å². The Morgan fingerprint density at radius 2 is 1.73 bits per heavy atom. The average molecular weight is 246 g/mol. The van der Waals surface area contributed by atoms with Gasteiger partial charge in [-0.1, -0.05) is 26.7 Å². The van der Waals surface area contributed by atoms with Crippen LogP contribution in [0.5, 0.6) is 0 Å².